The molecule has 0 atom stereocenters. The Bertz CT molecular complexity index is 731. The van der Waals surface area contributed by atoms with Crippen molar-refractivity contribution in [3.8, 4) is 6.07 Å². The van der Waals surface area contributed by atoms with E-state index in [0.717, 1.165) is 16.9 Å². The first-order chi connectivity index (χ1) is 9.65. The molecule has 0 unspecified atom stereocenters. The topological polar surface area (TPSA) is 78.1 Å². The largest absolute Gasteiger partial charge is 0.449 e. The predicted octanol–water partition coefficient (Wildman–Crippen LogP) is 2.91. The van der Waals surface area contributed by atoms with Crippen LogP contribution in [0.3, 0.4) is 0 Å². The van der Waals surface area contributed by atoms with Crippen LogP contribution >= 0.6 is 11.6 Å². The molecular weight excluding hydrogens is 278 g/mol. The van der Waals surface area contributed by atoms with Crippen molar-refractivity contribution in [3.63, 3.8) is 0 Å². The number of carbonyl (C=O) groups excluding carboxylic acids is 1. The van der Waals surface area contributed by atoms with Gasteiger partial charge in [0.05, 0.1) is 23.7 Å². The molecule has 2 N–H and O–H groups in total. The highest BCUT2D eigenvalue weighted by atomic mass is 35.5. The molecule has 0 fully saturated rings. The minimum Gasteiger partial charge on any atom is -0.449 e. The van der Waals surface area contributed by atoms with E-state index in [-0.39, 0.29) is 11.7 Å². The van der Waals surface area contributed by atoms with Crippen LogP contribution < -0.4 is 10.6 Å². The van der Waals surface area contributed by atoms with Gasteiger partial charge in [-0.1, -0.05) is 11.6 Å². The highest BCUT2D eigenvalue weighted by Crippen LogP contribution is 2.33. The van der Waals surface area contributed by atoms with Gasteiger partial charge >= 0.3 is 0 Å². The molecule has 100 valence electrons. The van der Waals surface area contributed by atoms with Crippen molar-refractivity contribution >= 4 is 28.9 Å². The zero-order valence-electron chi connectivity index (χ0n) is 10.4. The number of benzene rings is 1. The molecule has 20 heavy (non-hydrogen) atoms. The van der Waals surface area contributed by atoms with Crippen LogP contribution in [0.25, 0.3) is 0 Å². The first kappa shape index (κ1) is 12.6. The number of furan rings is 1. The van der Waals surface area contributed by atoms with Gasteiger partial charge in [-0.3, -0.25) is 4.79 Å². The normalized spacial score (nSPS) is 12.7. The predicted molar refractivity (Wildman–Crippen MR) is 74.5 cm³/mol. The molecule has 2 heterocycles. The summed E-state index contributed by atoms with van der Waals surface area (Å²) >= 11 is 6.16. The third-order valence-electron chi connectivity index (χ3n) is 3.04. The van der Waals surface area contributed by atoms with Crippen molar-refractivity contribution < 1.29 is 9.21 Å². The van der Waals surface area contributed by atoms with Gasteiger partial charge in [-0.2, -0.15) is 5.26 Å². The smallest absolute Gasteiger partial charge is 0.228 e. The van der Waals surface area contributed by atoms with E-state index in [0.29, 0.717) is 23.7 Å². The summed E-state index contributed by atoms with van der Waals surface area (Å²) in [5.74, 6) is 0.891. The lowest BCUT2D eigenvalue weighted by molar-refractivity contribution is -0.115. The zero-order valence-corrected chi connectivity index (χ0v) is 11.1. The Balaban J connectivity index is 1.77. The van der Waals surface area contributed by atoms with E-state index in [4.69, 9.17) is 21.3 Å². The number of hydrogen-bond donors (Lipinski definition) is 2. The molecular formula is C14H10ClN3O2. The second-order valence-electron chi connectivity index (χ2n) is 4.45. The Labute approximate surface area is 120 Å². The fraction of sp³-hybridized carbons (Fsp3) is 0.143. The quantitative estimate of drug-likeness (QED) is 0.910. The first-order valence-corrected chi connectivity index (χ1v) is 6.38. The van der Waals surface area contributed by atoms with Crippen LogP contribution in [0, 0.1) is 11.3 Å². The molecule has 2 aromatic rings. The van der Waals surface area contributed by atoms with E-state index < -0.39 is 0 Å². The lowest BCUT2D eigenvalue weighted by atomic mass is 10.1. The maximum Gasteiger partial charge on any atom is 0.228 e. The maximum atomic E-state index is 11.3. The molecule has 0 saturated heterocycles. The molecule has 0 saturated carbocycles. The van der Waals surface area contributed by atoms with Crippen molar-refractivity contribution in [1.82, 2.24) is 0 Å². The second-order valence-corrected chi connectivity index (χ2v) is 4.85. The maximum absolute atomic E-state index is 11.3. The summed E-state index contributed by atoms with van der Waals surface area (Å²) < 4.78 is 5.27. The summed E-state index contributed by atoms with van der Waals surface area (Å²) in [6.45, 7) is 0.418. The molecule has 1 aromatic heterocycles. The number of nitriles is 1. The Morgan fingerprint density at radius 3 is 3.05 bits per heavy atom. The molecule has 0 bridgehead atoms. The van der Waals surface area contributed by atoms with Crippen molar-refractivity contribution in [3.05, 3.63) is 46.4 Å². The summed E-state index contributed by atoms with van der Waals surface area (Å²) in [7, 11) is 0. The molecule has 0 spiro atoms. The third kappa shape index (κ3) is 2.33. The van der Waals surface area contributed by atoms with Crippen LogP contribution in [0.1, 0.15) is 17.1 Å². The number of fused-ring (bicyclic) bond motifs is 1. The van der Waals surface area contributed by atoms with Crippen molar-refractivity contribution in [2.45, 2.75) is 13.0 Å². The Morgan fingerprint density at radius 2 is 2.30 bits per heavy atom. The van der Waals surface area contributed by atoms with Gasteiger partial charge in [0.25, 0.3) is 0 Å². The highest BCUT2D eigenvalue weighted by Gasteiger charge is 2.19. The number of carbonyl (C=O) groups is 1. The molecule has 1 amide bonds. The van der Waals surface area contributed by atoms with Gasteiger partial charge in [-0.15, -0.1) is 0 Å². The summed E-state index contributed by atoms with van der Waals surface area (Å²) in [5.41, 5.74) is 2.41. The molecule has 0 aliphatic carbocycles. The monoisotopic (exact) mass is 287 g/mol. The third-order valence-corrected chi connectivity index (χ3v) is 3.36. The highest BCUT2D eigenvalue weighted by molar-refractivity contribution is 6.33. The van der Waals surface area contributed by atoms with Gasteiger partial charge in [0.1, 0.15) is 11.8 Å². The van der Waals surface area contributed by atoms with Crippen molar-refractivity contribution in [2.75, 3.05) is 10.6 Å². The molecule has 6 heteroatoms. The number of anilines is 2. The van der Waals surface area contributed by atoms with Gasteiger partial charge in [-0.25, -0.2) is 0 Å². The standard InChI is InChI=1S/C14H10ClN3O2/c15-11-5-12-8(4-14(19)18-12)3-13(11)17-7-10-2-1-9(6-16)20-10/h1-3,5,17H,4,7H2,(H,18,19). The lowest BCUT2D eigenvalue weighted by Gasteiger charge is -2.09. The average molecular weight is 288 g/mol. The van der Waals surface area contributed by atoms with E-state index in [2.05, 4.69) is 10.6 Å². The summed E-state index contributed by atoms with van der Waals surface area (Å²) in [4.78, 5) is 11.3. The van der Waals surface area contributed by atoms with E-state index in [1.54, 1.807) is 18.2 Å². The summed E-state index contributed by atoms with van der Waals surface area (Å²) in [6, 6.07) is 8.86. The molecule has 1 aliphatic rings. The SMILES string of the molecule is N#Cc1ccc(CNc2cc3c(cc2Cl)NC(=O)C3)o1. The van der Waals surface area contributed by atoms with Gasteiger partial charge < -0.3 is 15.1 Å². The minimum absolute atomic E-state index is 0.0297. The molecule has 0 radical (unpaired) electrons. The van der Waals surface area contributed by atoms with E-state index in [1.165, 1.54) is 0 Å². The van der Waals surface area contributed by atoms with Crippen molar-refractivity contribution in [1.29, 1.82) is 5.26 Å². The van der Waals surface area contributed by atoms with Gasteiger partial charge in [0.2, 0.25) is 11.7 Å². The number of halogens is 1. The Hall–Kier alpha value is -2.45. The molecule has 1 aromatic carbocycles. The first-order valence-electron chi connectivity index (χ1n) is 6.00. The van der Waals surface area contributed by atoms with Crippen LogP contribution in [0.2, 0.25) is 5.02 Å². The van der Waals surface area contributed by atoms with Crippen LogP contribution in [0.5, 0.6) is 0 Å². The van der Waals surface area contributed by atoms with Crippen molar-refractivity contribution in [2.24, 2.45) is 0 Å². The van der Waals surface area contributed by atoms with Gasteiger partial charge in [0.15, 0.2) is 0 Å². The summed E-state index contributed by atoms with van der Waals surface area (Å²) in [6.07, 6.45) is 0.362. The fourth-order valence-electron chi connectivity index (χ4n) is 2.10. The van der Waals surface area contributed by atoms with Crippen LogP contribution in [-0.2, 0) is 17.8 Å². The number of amides is 1. The minimum atomic E-state index is -0.0297. The van der Waals surface area contributed by atoms with Gasteiger partial charge in [0, 0.05) is 5.69 Å². The number of nitrogens with one attached hydrogen (secondary N) is 2. The van der Waals surface area contributed by atoms with E-state index in [9.17, 15) is 4.79 Å². The Kier molecular flexibility index (Phi) is 3.09. The van der Waals surface area contributed by atoms with Crippen LogP contribution in [0.15, 0.2) is 28.7 Å². The number of nitrogens with zero attached hydrogens (tertiary/aromatic N) is 1. The number of rotatable bonds is 3. The fourth-order valence-corrected chi connectivity index (χ4v) is 2.33. The lowest BCUT2D eigenvalue weighted by Crippen LogP contribution is -2.03. The van der Waals surface area contributed by atoms with Crippen LogP contribution in [0.4, 0.5) is 11.4 Å². The van der Waals surface area contributed by atoms with Gasteiger partial charge in [-0.05, 0) is 29.8 Å². The Morgan fingerprint density at radius 1 is 1.45 bits per heavy atom. The van der Waals surface area contributed by atoms with Crippen LogP contribution in [-0.4, -0.2) is 5.91 Å². The van der Waals surface area contributed by atoms with E-state index >= 15 is 0 Å². The molecule has 1 aliphatic heterocycles. The zero-order chi connectivity index (χ0) is 14.1. The number of hydrogen-bond acceptors (Lipinski definition) is 4. The molecule has 3 rings (SSSR count). The average Bonchev–Trinajstić information content (AvgIpc) is 3.01. The second kappa shape index (κ2) is 4.91. The van der Waals surface area contributed by atoms with E-state index in [1.807, 2.05) is 12.1 Å². The summed E-state index contributed by atoms with van der Waals surface area (Å²) in [5, 5.41) is 15.1. The molecule has 5 nitrogen and oxygen atoms in total.